The Morgan fingerprint density at radius 1 is 1.06 bits per heavy atom. The first-order valence-electron chi connectivity index (χ1n) is 9.98. The summed E-state index contributed by atoms with van der Waals surface area (Å²) < 4.78 is 38.9. The summed E-state index contributed by atoms with van der Waals surface area (Å²) in [6.45, 7) is 6.93. The van der Waals surface area contributed by atoms with Gasteiger partial charge < -0.3 is 15.1 Å². The zero-order chi connectivity index (χ0) is 22.6. The molecule has 2 aromatic heterocycles. The van der Waals surface area contributed by atoms with Crippen molar-refractivity contribution in [2.24, 2.45) is 11.8 Å². The quantitative estimate of drug-likeness (QED) is 0.630. The Hall–Kier alpha value is -2.94. The minimum Gasteiger partial charge on any atom is -0.507 e. The number of nitrogens with zero attached hydrogens (tertiary/aromatic N) is 4. The molecular formula is C22H23F3N4O2. The van der Waals surface area contributed by atoms with Crippen LogP contribution in [0.25, 0.3) is 22.0 Å². The van der Waals surface area contributed by atoms with Gasteiger partial charge in [-0.25, -0.2) is 0 Å². The SMILES string of the molecule is C[C@@H]1CN(c2nnc(-c3ccc(C(F)(F)F)cc3O)c3ccncc23)C[C@H](C)[C@]1(C)O. The lowest BCUT2D eigenvalue weighted by molar-refractivity contribution is -0.137. The van der Waals surface area contributed by atoms with Gasteiger partial charge in [0.1, 0.15) is 11.4 Å². The van der Waals surface area contributed by atoms with Crippen LogP contribution in [0.4, 0.5) is 19.0 Å². The Labute approximate surface area is 177 Å². The van der Waals surface area contributed by atoms with Crippen LogP contribution in [-0.2, 0) is 6.18 Å². The summed E-state index contributed by atoms with van der Waals surface area (Å²) in [5.41, 5.74) is -1.30. The normalized spacial score (nSPS) is 24.5. The standard InChI is InChI=1S/C22H23F3N4O2/c1-12-10-29(11-13(2)21(12,3)31)20-17-9-26-7-6-15(17)19(27-28-20)16-5-4-14(8-18(16)30)22(23,24)25/h4-9,12-13,30-31H,10-11H2,1-3H3/t12-,13+,21-. The lowest BCUT2D eigenvalue weighted by atomic mass is 9.76. The van der Waals surface area contributed by atoms with E-state index in [1.54, 1.807) is 18.5 Å². The Morgan fingerprint density at radius 2 is 1.74 bits per heavy atom. The minimum absolute atomic E-state index is 0.0107. The molecule has 0 unspecified atom stereocenters. The topological polar surface area (TPSA) is 82.4 Å². The third-order valence-corrected chi connectivity index (χ3v) is 6.43. The van der Waals surface area contributed by atoms with Crippen LogP contribution in [0.3, 0.4) is 0 Å². The molecule has 3 heterocycles. The van der Waals surface area contributed by atoms with E-state index >= 15 is 0 Å². The van der Waals surface area contributed by atoms with Gasteiger partial charge in [-0.1, -0.05) is 13.8 Å². The highest BCUT2D eigenvalue weighted by Gasteiger charge is 2.41. The molecule has 0 aliphatic carbocycles. The number of benzene rings is 1. The molecule has 3 atom stereocenters. The van der Waals surface area contributed by atoms with Crippen LogP contribution >= 0.6 is 0 Å². The summed E-state index contributed by atoms with van der Waals surface area (Å²) in [6, 6.07) is 4.50. The number of aliphatic hydroxyl groups is 1. The summed E-state index contributed by atoms with van der Waals surface area (Å²) in [6.07, 6.45) is -1.36. The highest BCUT2D eigenvalue weighted by molar-refractivity contribution is 6.00. The molecule has 0 spiro atoms. The van der Waals surface area contributed by atoms with Gasteiger partial charge in [-0.2, -0.15) is 13.2 Å². The van der Waals surface area contributed by atoms with Crippen molar-refractivity contribution in [3.05, 3.63) is 42.2 Å². The first-order valence-corrected chi connectivity index (χ1v) is 9.98. The molecule has 0 saturated carbocycles. The number of phenolic OH excluding ortho intramolecular Hbond substituents is 1. The molecule has 6 nitrogen and oxygen atoms in total. The minimum atomic E-state index is -4.56. The van der Waals surface area contributed by atoms with E-state index in [9.17, 15) is 23.4 Å². The number of hydrogen-bond acceptors (Lipinski definition) is 6. The molecule has 1 aliphatic rings. The van der Waals surface area contributed by atoms with E-state index in [4.69, 9.17) is 0 Å². The van der Waals surface area contributed by atoms with E-state index in [-0.39, 0.29) is 23.1 Å². The van der Waals surface area contributed by atoms with Gasteiger partial charge in [0, 0.05) is 53.7 Å². The zero-order valence-corrected chi connectivity index (χ0v) is 17.4. The third-order valence-electron chi connectivity index (χ3n) is 6.43. The summed E-state index contributed by atoms with van der Waals surface area (Å²) in [4.78, 5) is 6.23. The second kappa shape index (κ2) is 7.33. The number of alkyl halides is 3. The highest BCUT2D eigenvalue weighted by Crippen LogP contribution is 2.40. The average Bonchev–Trinajstić information content (AvgIpc) is 2.71. The van der Waals surface area contributed by atoms with Crippen molar-refractivity contribution in [2.45, 2.75) is 32.5 Å². The van der Waals surface area contributed by atoms with Gasteiger partial charge in [0.2, 0.25) is 0 Å². The number of halogens is 3. The Morgan fingerprint density at radius 3 is 2.35 bits per heavy atom. The Kier molecular flexibility index (Phi) is 5.04. The lowest BCUT2D eigenvalue weighted by Crippen LogP contribution is -2.55. The van der Waals surface area contributed by atoms with Crippen LogP contribution in [-0.4, -0.2) is 44.1 Å². The predicted molar refractivity (Wildman–Crippen MR) is 111 cm³/mol. The Balaban J connectivity index is 1.80. The summed E-state index contributed by atoms with van der Waals surface area (Å²) >= 11 is 0. The largest absolute Gasteiger partial charge is 0.507 e. The molecule has 3 aromatic rings. The molecule has 9 heteroatoms. The fourth-order valence-electron chi connectivity index (χ4n) is 4.09. The van der Waals surface area contributed by atoms with Crippen LogP contribution in [0, 0.1) is 11.8 Å². The maximum atomic E-state index is 13.0. The lowest BCUT2D eigenvalue weighted by Gasteiger charge is -2.46. The number of pyridine rings is 1. The van der Waals surface area contributed by atoms with Crippen molar-refractivity contribution in [3.63, 3.8) is 0 Å². The van der Waals surface area contributed by atoms with Crippen molar-refractivity contribution in [1.82, 2.24) is 15.2 Å². The number of hydrogen-bond donors (Lipinski definition) is 2. The molecule has 1 saturated heterocycles. The molecule has 1 aromatic carbocycles. The van der Waals surface area contributed by atoms with Gasteiger partial charge in [-0.3, -0.25) is 4.98 Å². The Bertz CT molecular complexity index is 1120. The molecule has 1 fully saturated rings. The molecule has 0 amide bonds. The van der Waals surface area contributed by atoms with Crippen molar-refractivity contribution >= 4 is 16.6 Å². The molecule has 31 heavy (non-hydrogen) atoms. The number of phenols is 1. The first kappa shape index (κ1) is 21.3. The summed E-state index contributed by atoms with van der Waals surface area (Å²) in [5.74, 6) is 0.0468. The van der Waals surface area contributed by atoms with Crippen LogP contribution in [0.1, 0.15) is 26.3 Å². The van der Waals surface area contributed by atoms with E-state index in [0.717, 1.165) is 6.07 Å². The van der Waals surface area contributed by atoms with Crippen LogP contribution in [0.5, 0.6) is 5.75 Å². The number of aromatic hydroxyl groups is 1. The van der Waals surface area contributed by atoms with Crippen molar-refractivity contribution < 1.29 is 23.4 Å². The van der Waals surface area contributed by atoms with Crippen molar-refractivity contribution in [3.8, 4) is 17.0 Å². The molecule has 2 N–H and O–H groups in total. The number of piperidine rings is 1. The van der Waals surface area contributed by atoms with E-state index in [1.165, 1.54) is 6.07 Å². The van der Waals surface area contributed by atoms with Crippen molar-refractivity contribution in [2.75, 3.05) is 18.0 Å². The fraction of sp³-hybridized carbons (Fsp3) is 0.409. The second-order valence-corrected chi connectivity index (χ2v) is 8.46. The number of fused-ring (bicyclic) bond motifs is 1. The number of aromatic nitrogens is 3. The van der Waals surface area contributed by atoms with Gasteiger partial charge in [0.25, 0.3) is 0 Å². The van der Waals surface area contributed by atoms with Crippen LogP contribution in [0.2, 0.25) is 0 Å². The van der Waals surface area contributed by atoms with Crippen LogP contribution in [0.15, 0.2) is 36.7 Å². The summed E-state index contributed by atoms with van der Waals surface area (Å²) in [7, 11) is 0. The zero-order valence-electron chi connectivity index (χ0n) is 17.4. The molecule has 1 aliphatic heterocycles. The van der Waals surface area contributed by atoms with E-state index < -0.39 is 23.1 Å². The van der Waals surface area contributed by atoms with Gasteiger partial charge >= 0.3 is 6.18 Å². The summed E-state index contributed by atoms with van der Waals surface area (Å²) in [5, 5.41) is 30.9. The number of rotatable bonds is 2. The number of anilines is 1. The highest BCUT2D eigenvalue weighted by atomic mass is 19.4. The molecule has 4 rings (SSSR count). The fourth-order valence-corrected chi connectivity index (χ4v) is 4.09. The predicted octanol–water partition coefficient (Wildman–Crippen LogP) is 4.26. The molecule has 0 bridgehead atoms. The maximum absolute atomic E-state index is 13.0. The maximum Gasteiger partial charge on any atom is 0.416 e. The van der Waals surface area contributed by atoms with Gasteiger partial charge in [0.15, 0.2) is 5.82 Å². The smallest absolute Gasteiger partial charge is 0.416 e. The first-order chi connectivity index (χ1) is 14.5. The van der Waals surface area contributed by atoms with E-state index in [2.05, 4.69) is 15.2 Å². The third kappa shape index (κ3) is 3.67. The second-order valence-electron chi connectivity index (χ2n) is 8.46. The van der Waals surface area contributed by atoms with Crippen molar-refractivity contribution in [1.29, 1.82) is 0 Å². The van der Waals surface area contributed by atoms with E-state index in [1.807, 2.05) is 25.7 Å². The van der Waals surface area contributed by atoms with E-state index in [0.29, 0.717) is 35.7 Å². The van der Waals surface area contributed by atoms with Gasteiger partial charge in [-0.15, -0.1) is 10.2 Å². The molecular weight excluding hydrogens is 409 g/mol. The van der Waals surface area contributed by atoms with Crippen LogP contribution < -0.4 is 4.90 Å². The average molecular weight is 432 g/mol. The molecule has 164 valence electrons. The van der Waals surface area contributed by atoms with Gasteiger partial charge in [-0.05, 0) is 31.2 Å². The monoisotopic (exact) mass is 432 g/mol. The van der Waals surface area contributed by atoms with Gasteiger partial charge in [0.05, 0.1) is 11.2 Å². The molecule has 0 radical (unpaired) electrons.